The van der Waals surface area contributed by atoms with Crippen molar-refractivity contribution in [3.63, 3.8) is 0 Å². The van der Waals surface area contributed by atoms with E-state index in [9.17, 15) is 0 Å². The molecule has 2 N–H and O–H groups in total. The molecular weight excluding hydrogens is 330 g/mol. The molecule has 2 unspecified atom stereocenters. The number of guanidine groups is 1. The van der Waals surface area contributed by atoms with Gasteiger partial charge in [-0.25, -0.2) is 4.98 Å². The van der Waals surface area contributed by atoms with Gasteiger partial charge in [-0.15, -0.1) is 0 Å². The van der Waals surface area contributed by atoms with Gasteiger partial charge in [0.1, 0.15) is 5.82 Å². The summed E-state index contributed by atoms with van der Waals surface area (Å²) in [6.45, 7) is 4.41. The Kier molecular flexibility index (Phi) is 6.12. The largest absolute Gasteiger partial charge is 0.376 e. The van der Waals surface area contributed by atoms with Crippen LogP contribution in [0.3, 0.4) is 0 Å². The summed E-state index contributed by atoms with van der Waals surface area (Å²) in [6.07, 6.45) is 2.86. The fourth-order valence-corrected chi connectivity index (χ4v) is 3.17. The highest BCUT2D eigenvalue weighted by atomic mass is 35.5. The summed E-state index contributed by atoms with van der Waals surface area (Å²) >= 11 is 6.23. The van der Waals surface area contributed by atoms with E-state index < -0.39 is 0 Å². The van der Waals surface area contributed by atoms with Gasteiger partial charge < -0.3 is 25.0 Å². The van der Waals surface area contributed by atoms with Gasteiger partial charge in [0.15, 0.2) is 5.96 Å². The van der Waals surface area contributed by atoms with Crippen molar-refractivity contribution >= 4 is 23.4 Å². The molecule has 0 spiro atoms. The Labute approximate surface area is 147 Å². The first-order valence-electron chi connectivity index (χ1n) is 8.28. The first-order valence-corrected chi connectivity index (χ1v) is 8.66. The maximum atomic E-state index is 6.23. The molecule has 3 rings (SSSR count). The summed E-state index contributed by atoms with van der Waals surface area (Å²) < 4.78 is 11.0. The number of pyridine rings is 1. The van der Waals surface area contributed by atoms with E-state index in [0.29, 0.717) is 37.4 Å². The molecule has 7 nitrogen and oxygen atoms in total. The van der Waals surface area contributed by atoms with Gasteiger partial charge in [-0.2, -0.15) is 0 Å². The fraction of sp³-hybridized carbons (Fsp3) is 0.625. The first kappa shape index (κ1) is 17.3. The number of aliphatic imine (C=N–C) groups is 1. The highest BCUT2D eigenvalue weighted by Crippen LogP contribution is 2.25. The summed E-state index contributed by atoms with van der Waals surface area (Å²) in [6, 6.07) is 4.02. The zero-order chi connectivity index (χ0) is 16.8. The second-order valence-electron chi connectivity index (χ2n) is 5.91. The van der Waals surface area contributed by atoms with Gasteiger partial charge in [-0.3, -0.25) is 4.99 Å². The maximum Gasteiger partial charge on any atom is 0.191 e. The Morgan fingerprint density at radius 1 is 1.50 bits per heavy atom. The molecular formula is C16H24ClN5O2. The molecule has 0 aliphatic carbocycles. The van der Waals surface area contributed by atoms with E-state index in [1.54, 1.807) is 13.2 Å². The van der Waals surface area contributed by atoms with E-state index in [1.165, 1.54) is 0 Å². The lowest BCUT2D eigenvalue weighted by Gasteiger charge is -2.25. The van der Waals surface area contributed by atoms with Crippen LogP contribution in [0.2, 0.25) is 5.02 Å². The number of halogens is 1. The van der Waals surface area contributed by atoms with Crippen molar-refractivity contribution in [1.29, 1.82) is 0 Å². The molecule has 0 saturated carbocycles. The summed E-state index contributed by atoms with van der Waals surface area (Å²) in [7, 11) is 1.77. The van der Waals surface area contributed by atoms with Crippen LogP contribution in [0.5, 0.6) is 0 Å². The van der Waals surface area contributed by atoms with Crippen molar-refractivity contribution in [3.8, 4) is 0 Å². The average Bonchev–Trinajstić information content (AvgIpc) is 3.08. The lowest BCUT2D eigenvalue weighted by molar-refractivity contribution is -0.0850. The highest BCUT2D eigenvalue weighted by molar-refractivity contribution is 6.32. The van der Waals surface area contributed by atoms with E-state index in [4.69, 9.17) is 21.1 Å². The van der Waals surface area contributed by atoms with E-state index in [1.807, 2.05) is 12.1 Å². The number of hydrogen-bond donors (Lipinski definition) is 2. The number of hydrogen-bond acceptors (Lipinski definition) is 5. The minimum absolute atomic E-state index is 0.0738. The van der Waals surface area contributed by atoms with Gasteiger partial charge in [-0.05, 0) is 18.6 Å². The Morgan fingerprint density at radius 3 is 3.17 bits per heavy atom. The first-order chi connectivity index (χ1) is 11.8. The van der Waals surface area contributed by atoms with Crippen LogP contribution in [-0.2, 0) is 9.47 Å². The number of nitrogens with one attached hydrogen (secondary N) is 2. The molecule has 1 aromatic heterocycles. The summed E-state index contributed by atoms with van der Waals surface area (Å²) in [5.74, 6) is 1.63. The second kappa shape index (κ2) is 8.50. The summed E-state index contributed by atoms with van der Waals surface area (Å²) in [5, 5.41) is 7.45. The van der Waals surface area contributed by atoms with Crippen molar-refractivity contribution in [2.45, 2.75) is 18.6 Å². The van der Waals surface area contributed by atoms with Crippen molar-refractivity contribution in [2.24, 2.45) is 4.99 Å². The molecule has 0 bridgehead atoms. The number of ether oxygens (including phenoxy) is 2. The Morgan fingerprint density at radius 2 is 2.42 bits per heavy atom. The molecule has 0 radical (unpaired) electrons. The highest BCUT2D eigenvalue weighted by Gasteiger charge is 2.25. The molecule has 0 aromatic carbocycles. The Balaban J connectivity index is 1.47. The third kappa shape index (κ3) is 4.49. The predicted octanol–water partition coefficient (Wildman–Crippen LogP) is 0.894. The van der Waals surface area contributed by atoms with Crippen LogP contribution in [0.15, 0.2) is 23.3 Å². The zero-order valence-electron chi connectivity index (χ0n) is 13.9. The topological polar surface area (TPSA) is 71.0 Å². The van der Waals surface area contributed by atoms with Crippen LogP contribution >= 0.6 is 11.6 Å². The number of rotatable bonds is 4. The maximum absolute atomic E-state index is 6.23. The van der Waals surface area contributed by atoms with Crippen LogP contribution in [0.25, 0.3) is 0 Å². The third-order valence-corrected chi connectivity index (χ3v) is 4.47. The van der Waals surface area contributed by atoms with Crippen molar-refractivity contribution in [1.82, 2.24) is 15.6 Å². The molecule has 8 heteroatoms. The molecule has 2 aliphatic rings. The van der Waals surface area contributed by atoms with E-state index >= 15 is 0 Å². The quantitative estimate of drug-likeness (QED) is 0.619. The molecule has 2 aliphatic heterocycles. The standard InChI is InChI=1S/C16H24ClN5O2/c1-18-16(20-9-13-11-23-7-8-24-13)21-12-4-6-22(10-12)15-14(17)3-2-5-19-15/h2-3,5,12-13H,4,6-11H2,1H3,(H2,18,20,21). The monoisotopic (exact) mass is 353 g/mol. The van der Waals surface area contributed by atoms with E-state index in [-0.39, 0.29) is 6.10 Å². The summed E-state index contributed by atoms with van der Waals surface area (Å²) in [4.78, 5) is 10.9. The van der Waals surface area contributed by atoms with Crippen LogP contribution < -0.4 is 15.5 Å². The SMILES string of the molecule is CN=C(NCC1COCCO1)NC1CCN(c2ncccc2Cl)C1. The summed E-state index contributed by atoms with van der Waals surface area (Å²) in [5.41, 5.74) is 0. The van der Waals surface area contributed by atoms with Crippen molar-refractivity contribution < 1.29 is 9.47 Å². The van der Waals surface area contributed by atoms with Gasteiger partial charge in [-0.1, -0.05) is 11.6 Å². The lowest BCUT2D eigenvalue weighted by atomic mass is 10.3. The van der Waals surface area contributed by atoms with Crippen LogP contribution in [0, 0.1) is 0 Å². The smallest absolute Gasteiger partial charge is 0.191 e. The minimum Gasteiger partial charge on any atom is -0.376 e. The molecule has 3 heterocycles. The van der Waals surface area contributed by atoms with E-state index in [0.717, 1.165) is 31.3 Å². The molecule has 2 atom stereocenters. The molecule has 132 valence electrons. The fourth-order valence-electron chi connectivity index (χ4n) is 2.93. The number of aromatic nitrogens is 1. The van der Waals surface area contributed by atoms with Crippen molar-refractivity contribution in [2.75, 3.05) is 51.4 Å². The van der Waals surface area contributed by atoms with Gasteiger partial charge in [0, 0.05) is 38.9 Å². The minimum atomic E-state index is 0.0738. The third-order valence-electron chi connectivity index (χ3n) is 4.17. The molecule has 2 saturated heterocycles. The van der Waals surface area contributed by atoms with Crippen LogP contribution in [-0.4, -0.2) is 69.6 Å². The predicted molar refractivity (Wildman–Crippen MR) is 94.9 cm³/mol. The van der Waals surface area contributed by atoms with Gasteiger partial charge in [0.25, 0.3) is 0 Å². The van der Waals surface area contributed by atoms with Gasteiger partial charge in [0.05, 0.1) is 30.9 Å². The average molecular weight is 354 g/mol. The lowest BCUT2D eigenvalue weighted by Crippen LogP contribution is -2.48. The normalized spacial score (nSPS) is 24.9. The zero-order valence-corrected chi connectivity index (χ0v) is 14.6. The van der Waals surface area contributed by atoms with Crippen molar-refractivity contribution in [3.05, 3.63) is 23.4 Å². The Bertz CT molecular complexity index is 565. The van der Waals surface area contributed by atoms with E-state index in [2.05, 4.69) is 25.5 Å². The van der Waals surface area contributed by atoms with Crippen LogP contribution in [0.4, 0.5) is 5.82 Å². The van der Waals surface area contributed by atoms with Crippen LogP contribution in [0.1, 0.15) is 6.42 Å². The number of nitrogens with zero attached hydrogens (tertiary/aromatic N) is 3. The second-order valence-corrected chi connectivity index (χ2v) is 6.31. The van der Waals surface area contributed by atoms with Gasteiger partial charge in [0.2, 0.25) is 0 Å². The van der Waals surface area contributed by atoms with Gasteiger partial charge >= 0.3 is 0 Å². The molecule has 0 amide bonds. The molecule has 1 aromatic rings. The molecule has 24 heavy (non-hydrogen) atoms. The Hall–Kier alpha value is -1.57. The number of anilines is 1. The molecule has 2 fully saturated rings.